The minimum absolute atomic E-state index is 0.346. The van der Waals surface area contributed by atoms with Gasteiger partial charge < -0.3 is 4.74 Å². The van der Waals surface area contributed by atoms with Crippen LogP contribution in [0, 0.1) is 0 Å². The van der Waals surface area contributed by atoms with Gasteiger partial charge in [-0.15, -0.1) is 0 Å². The number of hydrogen-bond donors (Lipinski definition) is 0. The van der Waals surface area contributed by atoms with Crippen LogP contribution in [0.5, 0.6) is 0 Å². The van der Waals surface area contributed by atoms with Crippen LogP contribution in [0.3, 0.4) is 0 Å². The average Bonchev–Trinajstić information content (AvgIpc) is 2.86. The highest BCUT2D eigenvalue weighted by Gasteiger charge is 2.18. The first-order valence-corrected chi connectivity index (χ1v) is 7.65. The van der Waals surface area contributed by atoms with E-state index in [1.54, 1.807) is 6.20 Å². The summed E-state index contributed by atoms with van der Waals surface area (Å²) in [5.41, 5.74) is 1.17. The minimum atomic E-state index is 0.346. The molecule has 3 heterocycles. The number of ether oxygens (including phenoxy) is 1. The van der Waals surface area contributed by atoms with E-state index < -0.39 is 0 Å². The van der Waals surface area contributed by atoms with Crippen LogP contribution in [-0.4, -0.2) is 45.5 Å². The second-order valence-corrected chi connectivity index (χ2v) is 5.41. The molecule has 1 saturated heterocycles. The van der Waals surface area contributed by atoms with Crippen molar-refractivity contribution in [3.8, 4) is 5.82 Å². The fraction of sp³-hybridized carbons (Fsp3) is 0.500. The first kappa shape index (κ1) is 14.2. The van der Waals surface area contributed by atoms with Crippen molar-refractivity contribution in [2.24, 2.45) is 0 Å². The zero-order valence-corrected chi connectivity index (χ0v) is 12.5. The molecule has 1 atom stereocenters. The molecular weight excluding hydrogens is 264 g/mol. The Morgan fingerprint density at radius 1 is 1.29 bits per heavy atom. The van der Waals surface area contributed by atoms with Crippen LogP contribution < -0.4 is 0 Å². The second-order valence-electron chi connectivity index (χ2n) is 5.41. The van der Waals surface area contributed by atoms with E-state index in [1.807, 2.05) is 29.1 Å². The van der Waals surface area contributed by atoms with E-state index in [9.17, 15) is 0 Å². The number of aromatic nitrogens is 3. The summed E-state index contributed by atoms with van der Waals surface area (Å²) in [6.07, 6.45) is 6.15. The predicted molar refractivity (Wildman–Crippen MR) is 81.3 cm³/mol. The molecule has 1 fully saturated rings. The standard InChI is InChI=1S/C16H22N4O/c1-2-15-13-19(10-5-11-21-15)12-14-7-9-18-20(14)16-6-3-4-8-17-16/h3-4,6-9,15H,2,5,10-13H2,1H3. The van der Waals surface area contributed by atoms with E-state index in [2.05, 4.69) is 28.0 Å². The highest BCUT2D eigenvalue weighted by Crippen LogP contribution is 2.14. The van der Waals surface area contributed by atoms with Crippen molar-refractivity contribution in [1.82, 2.24) is 19.7 Å². The van der Waals surface area contributed by atoms with Gasteiger partial charge in [0.2, 0.25) is 0 Å². The Morgan fingerprint density at radius 2 is 2.24 bits per heavy atom. The number of hydrogen-bond acceptors (Lipinski definition) is 4. The van der Waals surface area contributed by atoms with Crippen LogP contribution in [-0.2, 0) is 11.3 Å². The van der Waals surface area contributed by atoms with Gasteiger partial charge in [-0.25, -0.2) is 9.67 Å². The average molecular weight is 286 g/mol. The Labute approximate surface area is 125 Å². The molecule has 0 radical (unpaired) electrons. The van der Waals surface area contributed by atoms with E-state index >= 15 is 0 Å². The largest absolute Gasteiger partial charge is 0.377 e. The van der Waals surface area contributed by atoms with E-state index in [4.69, 9.17) is 4.74 Å². The molecule has 1 unspecified atom stereocenters. The predicted octanol–water partition coefficient (Wildman–Crippen LogP) is 2.27. The Bertz CT molecular complexity index is 554. The summed E-state index contributed by atoms with van der Waals surface area (Å²) in [5, 5.41) is 4.41. The molecule has 3 rings (SSSR count). The van der Waals surface area contributed by atoms with Gasteiger partial charge in [0.25, 0.3) is 0 Å². The quantitative estimate of drug-likeness (QED) is 0.865. The molecule has 1 aliphatic rings. The highest BCUT2D eigenvalue weighted by atomic mass is 16.5. The minimum Gasteiger partial charge on any atom is -0.377 e. The molecule has 0 bridgehead atoms. The van der Waals surface area contributed by atoms with Crippen molar-refractivity contribution in [2.75, 3.05) is 19.7 Å². The van der Waals surface area contributed by atoms with Gasteiger partial charge in [0.1, 0.15) is 0 Å². The fourth-order valence-corrected chi connectivity index (χ4v) is 2.73. The third kappa shape index (κ3) is 3.49. The Hall–Kier alpha value is -1.72. The second kappa shape index (κ2) is 6.83. The summed E-state index contributed by atoms with van der Waals surface area (Å²) in [4.78, 5) is 6.84. The molecule has 112 valence electrons. The molecule has 2 aromatic rings. The summed E-state index contributed by atoms with van der Waals surface area (Å²) in [6, 6.07) is 7.96. The third-order valence-corrected chi connectivity index (χ3v) is 3.86. The molecule has 0 saturated carbocycles. The van der Waals surface area contributed by atoms with Crippen LogP contribution in [0.2, 0.25) is 0 Å². The van der Waals surface area contributed by atoms with Crippen molar-refractivity contribution in [2.45, 2.75) is 32.4 Å². The molecular formula is C16H22N4O. The lowest BCUT2D eigenvalue weighted by Gasteiger charge is -2.23. The summed E-state index contributed by atoms with van der Waals surface area (Å²) < 4.78 is 7.76. The lowest BCUT2D eigenvalue weighted by Crippen LogP contribution is -2.31. The van der Waals surface area contributed by atoms with Gasteiger partial charge in [-0.1, -0.05) is 13.0 Å². The lowest BCUT2D eigenvalue weighted by atomic mass is 10.2. The summed E-state index contributed by atoms with van der Waals surface area (Å²) >= 11 is 0. The molecule has 5 heteroatoms. The van der Waals surface area contributed by atoms with Gasteiger partial charge in [-0.2, -0.15) is 5.10 Å². The normalized spacial score (nSPS) is 20.3. The van der Waals surface area contributed by atoms with Crippen molar-refractivity contribution >= 4 is 0 Å². The van der Waals surface area contributed by atoms with Crippen molar-refractivity contribution in [3.05, 3.63) is 42.4 Å². The van der Waals surface area contributed by atoms with Gasteiger partial charge in [0.15, 0.2) is 5.82 Å². The molecule has 1 aliphatic heterocycles. The van der Waals surface area contributed by atoms with Crippen molar-refractivity contribution in [1.29, 1.82) is 0 Å². The van der Waals surface area contributed by atoms with Gasteiger partial charge in [-0.3, -0.25) is 4.90 Å². The van der Waals surface area contributed by atoms with Crippen LogP contribution in [0.25, 0.3) is 5.82 Å². The van der Waals surface area contributed by atoms with Crippen molar-refractivity contribution in [3.63, 3.8) is 0 Å². The van der Waals surface area contributed by atoms with Gasteiger partial charge in [0.05, 0.1) is 11.8 Å². The lowest BCUT2D eigenvalue weighted by molar-refractivity contribution is 0.0507. The molecule has 0 N–H and O–H groups in total. The van der Waals surface area contributed by atoms with Gasteiger partial charge in [0, 0.05) is 38.6 Å². The maximum absolute atomic E-state index is 5.84. The van der Waals surface area contributed by atoms with E-state index in [1.165, 1.54) is 5.69 Å². The Balaban J connectivity index is 1.75. The summed E-state index contributed by atoms with van der Waals surface area (Å²) in [5.74, 6) is 0.871. The maximum atomic E-state index is 5.84. The third-order valence-electron chi connectivity index (χ3n) is 3.86. The number of rotatable bonds is 4. The zero-order chi connectivity index (χ0) is 14.5. The van der Waals surface area contributed by atoms with E-state index in [0.29, 0.717) is 6.10 Å². The van der Waals surface area contributed by atoms with E-state index in [-0.39, 0.29) is 0 Å². The van der Waals surface area contributed by atoms with Gasteiger partial charge >= 0.3 is 0 Å². The van der Waals surface area contributed by atoms with Crippen molar-refractivity contribution < 1.29 is 4.74 Å². The van der Waals surface area contributed by atoms with E-state index in [0.717, 1.165) is 44.9 Å². The molecule has 0 aliphatic carbocycles. The molecule has 0 aromatic carbocycles. The fourth-order valence-electron chi connectivity index (χ4n) is 2.73. The Morgan fingerprint density at radius 3 is 3.05 bits per heavy atom. The van der Waals surface area contributed by atoms with Crippen LogP contribution >= 0.6 is 0 Å². The molecule has 0 spiro atoms. The molecule has 0 amide bonds. The number of pyridine rings is 1. The summed E-state index contributed by atoms with van der Waals surface area (Å²) in [6.45, 7) is 6.01. The first-order valence-electron chi connectivity index (χ1n) is 7.65. The Kier molecular flexibility index (Phi) is 4.62. The van der Waals surface area contributed by atoms with Crippen LogP contribution in [0.15, 0.2) is 36.7 Å². The monoisotopic (exact) mass is 286 g/mol. The summed E-state index contributed by atoms with van der Waals surface area (Å²) in [7, 11) is 0. The molecule has 5 nitrogen and oxygen atoms in total. The highest BCUT2D eigenvalue weighted by molar-refractivity contribution is 5.23. The van der Waals surface area contributed by atoms with Crippen LogP contribution in [0.4, 0.5) is 0 Å². The maximum Gasteiger partial charge on any atom is 0.153 e. The van der Waals surface area contributed by atoms with Crippen LogP contribution in [0.1, 0.15) is 25.5 Å². The van der Waals surface area contributed by atoms with Gasteiger partial charge in [-0.05, 0) is 31.0 Å². The molecule has 21 heavy (non-hydrogen) atoms. The smallest absolute Gasteiger partial charge is 0.153 e. The topological polar surface area (TPSA) is 43.2 Å². The molecule has 2 aromatic heterocycles. The SMILES string of the molecule is CCC1CN(Cc2ccnn2-c2ccccn2)CCCO1. The first-order chi connectivity index (χ1) is 10.4. The zero-order valence-electron chi connectivity index (χ0n) is 12.5. The number of nitrogens with zero attached hydrogens (tertiary/aromatic N) is 4.